The number of nitrogen functional groups attached to an aromatic ring is 2. The number of H-pyrrole nitrogens is 1. The average molecular weight is 924 g/mol. The van der Waals surface area contributed by atoms with Crippen LogP contribution in [0.2, 0.25) is 0 Å². The smallest absolute Gasteiger partial charge is 0.280 e. The summed E-state index contributed by atoms with van der Waals surface area (Å²) in [6.07, 6.45) is -1.20. The van der Waals surface area contributed by atoms with Gasteiger partial charge >= 0.3 is 0 Å². The molecule has 3 aromatic carbocycles. The number of ether oxygens (including phenoxy) is 2. The van der Waals surface area contributed by atoms with Crippen molar-refractivity contribution in [2.24, 2.45) is 0 Å². The van der Waals surface area contributed by atoms with Crippen LogP contribution in [0.15, 0.2) is 65.6 Å². The zero-order valence-corrected chi connectivity index (χ0v) is 35.7. The van der Waals surface area contributed by atoms with Gasteiger partial charge in [-0.15, -0.1) is 0 Å². The van der Waals surface area contributed by atoms with Crippen LogP contribution in [0.1, 0.15) is 64.5 Å². The number of hydrogen-bond acceptors (Lipinski definition) is 17. The number of aromatic nitrogens is 3. The Kier molecular flexibility index (Phi) is 13.0. The van der Waals surface area contributed by atoms with Crippen LogP contribution >= 0.6 is 23.5 Å². The van der Waals surface area contributed by atoms with Crippen molar-refractivity contribution in [3.63, 3.8) is 0 Å². The van der Waals surface area contributed by atoms with Crippen LogP contribution in [0.5, 0.6) is 11.5 Å². The lowest BCUT2D eigenvalue weighted by Crippen LogP contribution is -2.24. The summed E-state index contributed by atoms with van der Waals surface area (Å²) in [7, 11) is -17.8. The zero-order valence-electron chi connectivity index (χ0n) is 33.0. The highest BCUT2D eigenvalue weighted by Crippen LogP contribution is 2.61. The number of amides is 1. The van der Waals surface area contributed by atoms with Gasteiger partial charge in [0.25, 0.3) is 34.9 Å². The summed E-state index contributed by atoms with van der Waals surface area (Å²) in [5.41, 5.74) is 16.1. The SMILES string of the molecule is C=c1ccc2c(c1)Oc1cc(N)ccc1C=2c1ccc(C(=O)NCCCCC#Cc2cn(C3OC(COP(=O)([O-])OP(=O)([O-])OP(=O)([O-])O)CC3O)c3nc(N)[nH]c(=O)c23)cc1C. The lowest BCUT2D eigenvalue weighted by Gasteiger charge is -2.32. The minimum atomic E-state index is -6.12. The summed E-state index contributed by atoms with van der Waals surface area (Å²) in [6.45, 7) is 5.41. The Morgan fingerprint density at radius 2 is 1.81 bits per heavy atom. The molecule has 24 heteroatoms. The molecule has 2 aromatic heterocycles. The van der Waals surface area contributed by atoms with E-state index in [2.05, 4.69) is 46.8 Å². The minimum Gasteiger partial charge on any atom is -0.756 e. The van der Waals surface area contributed by atoms with Crippen molar-refractivity contribution in [3.05, 3.63) is 109 Å². The van der Waals surface area contributed by atoms with E-state index in [-0.39, 0.29) is 34.9 Å². The predicted octanol–water partition coefficient (Wildman–Crippen LogP) is 1.01. The molecular formula is C39H38N6O15P3-3. The van der Waals surface area contributed by atoms with Crippen LogP contribution in [0.4, 0.5) is 11.6 Å². The van der Waals surface area contributed by atoms with E-state index in [9.17, 15) is 43.1 Å². The Bertz CT molecular complexity index is 3030. The molecule has 21 nitrogen and oxygen atoms in total. The van der Waals surface area contributed by atoms with Crippen molar-refractivity contribution < 1.29 is 65.8 Å². The second-order valence-electron chi connectivity index (χ2n) is 14.5. The molecule has 7 rings (SSSR count). The number of unbranched alkanes of at least 4 members (excludes halogenated alkanes) is 2. The van der Waals surface area contributed by atoms with Crippen LogP contribution < -0.4 is 52.2 Å². The number of carbonyl (C=O) groups is 1. The number of rotatable bonds is 14. The summed E-state index contributed by atoms with van der Waals surface area (Å²) in [6, 6.07) is 16.8. The standard InChI is InChI=1S/C39H41N6O15P3/c1-21-8-11-28-31(15-21)58-32-17-25(40)10-13-29(32)34(28)27-12-9-23(16-22(27)2)36(47)42-14-6-4-3-5-7-24-19-45(35-33(24)37(48)44-39(41)43-35)38-30(46)18-26(57-38)20-56-62(52,53)60-63(54,55)59-61(49,50)51/h8-13,15-17,19,26,30,38,46H,1,3-4,6,14,18,20,40H2,2H3,(H,42,47)(H,52,53)(H,54,55)(H2,49,50,51)(H3,41,43,44,48)/p-3. The van der Waals surface area contributed by atoms with Gasteiger partial charge in [-0.25, -0.2) is 8.62 Å². The van der Waals surface area contributed by atoms with Crippen molar-refractivity contribution in [3.8, 4) is 23.3 Å². The lowest BCUT2D eigenvalue weighted by molar-refractivity contribution is -0.250. The summed E-state index contributed by atoms with van der Waals surface area (Å²) >= 11 is 0. The molecule has 0 saturated carbocycles. The summed E-state index contributed by atoms with van der Waals surface area (Å²) in [5, 5.41) is 15.5. The topological polar surface area (TPSA) is 339 Å². The van der Waals surface area contributed by atoms with Gasteiger partial charge < -0.3 is 60.0 Å². The molecule has 6 atom stereocenters. The first-order chi connectivity index (χ1) is 29.7. The van der Waals surface area contributed by atoms with Gasteiger partial charge in [-0.1, -0.05) is 36.6 Å². The van der Waals surface area contributed by atoms with Gasteiger partial charge in [0, 0.05) is 59.3 Å². The molecule has 1 saturated heterocycles. The number of nitrogens with two attached hydrogens (primary N) is 2. The van der Waals surface area contributed by atoms with Crippen LogP contribution in [0.25, 0.3) is 23.2 Å². The molecule has 1 fully saturated rings. The van der Waals surface area contributed by atoms with Gasteiger partial charge in [0.05, 0.1) is 23.7 Å². The third-order valence-corrected chi connectivity index (χ3v) is 13.5. The monoisotopic (exact) mass is 923 g/mol. The summed E-state index contributed by atoms with van der Waals surface area (Å²) in [4.78, 5) is 75.5. The molecule has 0 radical (unpaired) electrons. The van der Waals surface area contributed by atoms with Crippen LogP contribution in [-0.4, -0.2) is 55.8 Å². The molecule has 0 bridgehead atoms. The van der Waals surface area contributed by atoms with Gasteiger partial charge in [-0.2, -0.15) is 4.98 Å². The molecular weight excluding hydrogens is 885 g/mol. The van der Waals surface area contributed by atoms with Crippen molar-refractivity contribution in [1.29, 1.82) is 0 Å². The van der Waals surface area contributed by atoms with E-state index in [1.54, 1.807) is 12.1 Å². The number of aliphatic hydroxyl groups is 1. The molecule has 4 heterocycles. The van der Waals surface area contributed by atoms with Gasteiger partial charge in [-0.05, 0) is 66.4 Å². The van der Waals surface area contributed by atoms with E-state index in [0.29, 0.717) is 48.6 Å². The maximum atomic E-state index is 13.2. The highest BCUT2D eigenvalue weighted by molar-refractivity contribution is 7.65. The molecule has 332 valence electrons. The fraction of sp³-hybridized carbons (Fsp3) is 0.256. The van der Waals surface area contributed by atoms with Crippen LogP contribution in [0.3, 0.4) is 0 Å². The van der Waals surface area contributed by atoms with E-state index in [1.165, 1.54) is 10.8 Å². The second kappa shape index (κ2) is 18.0. The van der Waals surface area contributed by atoms with Gasteiger partial charge in [0.1, 0.15) is 17.6 Å². The van der Waals surface area contributed by atoms with Crippen LogP contribution in [0, 0.1) is 18.8 Å². The lowest BCUT2D eigenvalue weighted by atomic mass is 9.89. The first kappa shape index (κ1) is 45.6. The number of phosphoric ester groups is 1. The molecule has 5 aromatic rings. The highest BCUT2D eigenvalue weighted by atomic mass is 31.3. The quantitative estimate of drug-likeness (QED) is 0.0384. The summed E-state index contributed by atoms with van der Waals surface area (Å²) in [5.74, 6) is 6.69. The number of aryl methyl sites for hydroxylation is 1. The van der Waals surface area contributed by atoms with Gasteiger partial charge in [-0.3, -0.25) is 28.3 Å². The molecule has 63 heavy (non-hydrogen) atoms. The number of benzene rings is 3. The third-order valence-electron chi connectivity index (χ3n) is 9.77. The zero-order chi connectivity index (χ0) is 45.4. The Morgan fingerprint density at radius 1 is 1.05 bits per heavy atom. The van der Waals surface area contributed by atoms with Gasteiger partial charge in [0.15, 0.2) is 11.9 Å². The fourth-order valence-electron chi connectivity index (χ4n) is 7.14. The molecule has 6 unspecified atom stereocenters. The normalized spacial score (nSPS) is 19.7. The highest BCUT2D eigenvalue weighted by Gasteiger charge is 2.38. The van der Waals surface area contributed by atoms with E-state index < -0.39 is 54.1 Å². The molecule has 8 N–H and O–H groups in total. The molecule has 0 aliphatic carbocycles. The predicted molar refractivity (Wildman–Crippen MR) is 220 cm³/mol. The van der Waals surface area contributed by atoms with Crippen molar-refractivity contribution >= 4 is 64.2 Å². The molecule has 1 amide bonds. The average Bonchev–Trinajstić information content (AvgIpc) is 3.73. The number of hydrogen-bond donors (Lipinski definition) is 6. The van der Waals surface area contributed by atoms with Crippen LogP contribution in [-0.2, 0) is 31.6 Å². The number of carbonyl (C=O) groups excluding carboxylic acids is 1. The first-order valence-electron chi connectivity index (χ1n) is 18.9. The second-order valence-corrected chi connectivity index (χ2v) is 18.8. The van der Waals surface area contributed by atoms with Crippen molar-refractivity contribution in [2.45, 2.75) is 51.0 Å². The number of aromatic amines is 1. The molecule has 2 aliphatic heterocycles. The molecule has 2 aliphatic rings. The Labute approximate surface area is 357 Å². The number of phosphoric acid groups is 3. The maximum Gasteiger partial charge on any atom is 0.280 e. The van der Waals surface area contributed by atoms with E-state index in [0.717, 1.165) is 32.7 Å². The minimum absolute atomic E-state index is 0.0183. The third kappa shape index (κ3) is 10.7. The van der Waals surface area contributed by atoms with E-state index in [4.69, 9.17) is 25.8 Å². The number of fused-ring (bicyclic) bond motifs is 3. The number of nitrogens with zero attached hydrogens (tertiary/aromatic N) is 2. The number of nitrogens with one attached hydrogen (secondary N) is 2. The Hall–Kier alpha value is -5.42. The molecule has 0 spiro atoms. The van der Waals surface area contributed by atoms with E-state index in [1.807, 2.05) is 49.4 Å². The maximum absolute atomic E-state index is 13.2. The Morgan fingerprint density at radius 3 is 2.56 bits per heavy atom. The fourth-order valence-corrected chi connectivity index (χ4v) is 10.1. The Balaban J connectivity index is 0.963. The van der Waals surface area contributed by atoms with Crippen molar-refractivity contribution in [1.82, 2.24) is 19.9 Å². The van der Waals surface area contributed by atoms with Gasteiger partial charge in [0.2, 0.25) is 5.95 Å². The van der Waals surface area contributed by atoms with Crippen molar-refractivity contribution in [2.75, 3.05) is 24.6 Å². The number of aliphatic hydroxyl groups excluding tert-OH is 1. The summed E-state index contributed by atoms with van der Waals surface area (Å²) < 4.78 is 58.7. The number of anilines is 2. The largest absolute Gasteiger partial charge is 0.756 e. The van der Waals surface area contributed by atoms with E-state index >= 15 is 0 Å². The first-order valence-corrected chi connectivity index (χ1v) is 23.3.